The maximum Gasteiger partial charge on any atom is 0.341 e. The van der Waals surface area contributed by atoms with E-state index in [9.17, 15) is 23.5 Å². The Bertz CT molecular complexity index is 1030. The monoisotopic (exact) mass is 349 g/mol. The average molecular weight is 350 g/mol. The maximum absolute atomic E-state index is 13.6. The second-order valence-electron chi connectivity index (χ2n) is 5.18. The Kier molecular flexibility index (Phi) is 4.07. The lowest BCUT2D eigenvalue weighted by atomic mass is 10.1. The number of hydrogen-bond donors (Lipinski definition) is 1. The molecule has 0 saturated heterocycles. The van der Waals surface area contributed by atoms with Crippen molar-refractivity contribution in [3.63, 3.8) is 0 Å². The number of carboxylic acids is 1. The standard InChI is InChI=1S/C17H10ClF2NO3/c18-12-4-2-1-3-9(12)7-21-8-11(17(23)24)16(22)10-5-13(19)14(20)6-15(10)21/h1-6,8H,7H2,(H,23,24). The van der Waals surface area contributed by atoms with E-state index in [0.717, 1.165) is 12.3 Å². The molecule has 0 spiro atoms. The van der Waals surface area contributed by atoms with Gasteiger partial charge in [-0.2, -0.15) is 0 Å². The average Bonchev–Trinajstić information content (AvgIpc) is 2.53. The van der Waals surface area contributed by atoms with Gasteiger partial charge in [-0.25, -0.2) is 13.6 Å². The van der Waals surface area contributed by atoms with Gasteiger partial charge in [0.25, 0.3) is 0 Å². The highest BCUT2D eigenvalue weighted by atomic mass is 35.5. The highest BCUT2D eigenvalue weighted by Gasteiger charge is 2.17. The Morgan fingerprint density at radius 3 is 2.50 bits per heavy atom. The summed E-state index contributed by atoms with van der Waals surface area (Å²) in [5.41, 5.74) is -0.665. The number of fused-ring (bicyclic) bond motifs is 1. The van der Waals surface area contributed by atoms with Crippen LogP contribution in [-0.4, -0.2) is 15.6 Å². The summed E-state index contributed by atoms with van der Waals surface area (Å²) in [5.74, 6) is -3.79. The van der Waals surface area contributed by atoms with Crippen molar-refractivity contribution < 1.29 is 18.7 Å². The van der Waals surface area contributed by atoms with Crippen LogP contribution in [0.15, 0.2) is 47.4 Å². The number of rotatable bonds is 3. The Hall–Kier alpha value is -2.73. The normalized spacial score (nSPS) is 11.0. The minimum absolute atomic E-state index is 0.0869. The molecule has 0 aliphatic rings. The van der Waals surface area contributed by atoms with Crippen LogP contribution in [0.1, 0.15) is 15.9 Å². The molecule has 122 valence electrons. The van der Waals surface area contributed by atoms with E-state index in [-0.39, 0.29) is 17.4 Å². The number of aromatic nitrogens is 1. The van der Waals surface area contributed by atoms with Crippen molar-refractivity contribution in [3.8, 4) is 0 Å². The number of aromatic carboxylic acids is 1. The SMILES string of the molecule is O=C(O)c1cn(Cc2ccccc2Cl)c2cc(F)c(F)cc2c1=O. The van der Waals surface area contributed by atoms with Crippen LogP contribution in [0.2, 0.25) is 5.02 Å². The van der Waals surface area contributed by atoms with Crippen molar-refractivity contribution in [2.45, 2.75) is 6.54 Å². The number of nitrogens with zero attached hydrogens (tertiary/aromatic N) is 1. The van der Waals surface area contributed by atoms with E-state index in [1.165, 1.54) is 4.57 Å². The first kappa shape index (κ1) is 16.1. The van der Waals surface area contributed by atoms with Gasteiger partial charge in [-0.3, -0.25) is 4.79 Å². The Morgan fingerprint density at radius 2 is 1.83 bits per heavy atom. The van der Waals surface area contributed by atoms with E-state index in [1.54, 1.807) is 24.3 Å². The number of carboxylic acid groups (broad SMARTS) is 1. The van der Waals surface area contributed by atoms with E-state index in [1.807, 2.05) is 0 Å². The van der Waals surface area contributed by atoms with Crippen LogP contribution in [0.4, 0.5) is 8.78 Å². The molecule has 3 rings (SSSR count). The van der Waals surface area contributed by atoms with Gasteiger partial charge in [-0.15, -0.1) is 0 Å². The second-order valence-corrected chi connectivity index (χ2v) is 5.59. The molecule has 3 aromatic rings. The third kappa shape index (κ3) is 2.76. The first-order valence-corrected chi connectivity index (χ1v) is 7.25. The zero-order valence-electron chi connectivity index (χ0n) is 12.1. The summed E-state index contributed by atoms with van der Waals surface area (Å²) in [5, 5.41) is 9.41. The van der Waals surface area contributed by atoms with E-state index in [2.05, 4.69) is 0 Å². The molecule has 2 aromatic carbocycles. The summed E-state index contributed by atoms with van der Waals surface area (Å²) in [6.45, 7) is 0.0990. The molecule has 4 nitrogen and oxygen atoms in total. The molecule has 1 aromatic heterocycles. The quantitative estimate of drug-likeness (QED) is 0.784. The first-order chi connectivity index (χ1) is 11.4. The Morgan fingerprint density at radius 1 is 1.17 bits per heavy atom. The molecule has 0 aliphatic heterocycles. The Balaban J connectivity index is 2.31. The van der Waals surface area contributed by atoms with E-state index >= 15 is 0 Å². The molecule has 0 aliphatic carbocycles. The molecular formula is C17H10ClF2NO3. The fraction of sp³-hybridized carbons (Fsp3) is 0.0588. The number of pyridine rings is 1. The lowest BCUT2D eigenvalue weighted by molar-refractivity contribution is 0.0695. The van der Waals surface area contributed by atoms with Crippen LogP contribution < -0.4 is 5.43 Å². The summed E-state index contributed by atoms with van der Waals surface area (Å²) >= 11 is 6.09. The number of benzene rings is 2. The minimum atomic E-state index is -1.44. The van der Waals surface area contributed by atoms with Gasteiger partial charge in [0.2, 0.25) is 5.43 Å². The summed E-state index contributed by atoms with van der Waals surface area (Å²) < 4.78 is 28.5. The molecule has 1 N–H and O–H groups in total. The molecule has 0 atom stereocenters. The molecule has 24 heavy (non-hydrogen) atoms. The van der Waals surface area contributed by atoms with E-state index in [0.29, 0.717) is 16.7 Å². The molecule has 0 unspecified atom stereocenters. The molecular weight excluding hydrogens is 340 g/mol. The van der Waals surface area contributed by atoms with Crippen LogP contribution in [-0.2, 0) is 6.54 Å². The molecule has 1 heterocycles. The van der Waals surface area contributed by atoms with Gasteiger partial charge in [0.15, 0.2) is 11.6 Å². The van der Waals surface area contributed by atoms with E-state index < -0.39 is 28.6 Å². The smallest absolute Gasteiger partial charge is 0.341 e. The maximum atomic E-state index is 13.6. The van der Waals surface area contributed by atoms with Crippen LogP contribution >= 0.6 is 11.6 Å². The third-order valence-electron chi connectivity index (χ3n) is 3.65. The van der Waals surface area contributed by atoms with Gasteiger partial charge in [0, 0.05) is 29.2 Å². The van der Waals surface area contributed by atoms with Gasteiger partial charge in [0.1, 0.15) is 5.56 Å². The summed E-state index contributed by atoms with van der Waals surface area (Å²) in [6, 6.07) is 8.42. The van der Waals surface area contributed by atoms with Gasteiger partial charge in [-0.05, 0) is 17.7 Å². The lowest BCUT2D eigenvalue weighted by Gasteiger charge is -2.13. The summed E-state index contributed by atoms with van der Waals surface area (Å²) in [4.78, 5) is 23.5. The second kappa shape index (κ2) is 6.05. The van der Waals surface area contributed by atoms with Gasteiger partial charge in [0.05, 0.1) is 5.52 Å². The molecule has 0 saturated carbocycles. The van der Waals surface area contributed by atoms with Crippen molar-refractivity contribution >= 4 is 28.5 Å². The molecule has 0 radical (unpaired) electrons. The Labute approximate surface area is 139 Å². The molecule has 7 heteroatoms. The predicted octanol–water partition coefficient (Wildman–Crippen LogP) is 3.68. The zero-order valence-corrected chi connectivity index (χ0v) is 12.8. The van der Waals surface area contributed by atoms with Gasteiger partial charge in [-0.1, -0.05) is 29.8 Å². The molecule has 0 amide bonds. The molecule has 0 fully saturated rings. The molecule has 0 bridgehead atoms. The highest BCUT2D eigenvalue weighted by molar-refractivity contribution is 6.31. The van der Waals surface area contributed by atoms with Crippen molar-refractivity contribution in [1.29, 1.82) is 0 Å². The summed E-state index contributed by atoms with van der Waals surface area (Å²) in [7, 11) is 0. The number of halogens is 3. The highest BCUT2D eigenvalue weighted by Crippen LogP contribution is 2.21. The zero-order chi connectivity index (χ0) is 17.4. The number of hydrogen-bond acceptors (Lipinski definition) is 2. The fourth-order valence-electron chi connectivity index (χ4n) is 2.48. The fourth-order valence-corrected chi connectivity index (χ4v) is 2.67. The topological polar surface area (TPSA) is 59.3 Å². The minimum Gasteiger partial charge on any atom is -0.477 e. The van der Waals surface area contributed by atoms with Crippen molar-refractivity contribution in [1.82, 2.24) is 4.57 Å². The van der Waals surface area contributed by atoms with Crippen LogP contribution in [0.25, 0.3) is 10.9 Å². The van der Waals surface area contributed by atoms with Crippen molar-refractivity contribution in [2.24, 2.45) is 0 Å². The van der Waals surface area contributed by atoms with Gasteiger partial charge >= 0.3 is 5.97 Å². The third-order valence-corrected chi connectivity index (χ3v) is 4.02. The predicted molar refractivity (Wildman–Crippen MR) is 85.6 cm³/mol. The van der Waals surface area contributed by atoms with Crippen molar-refractivity contribution in [2.75, 3.05) is 0 Å². The van der Waals surface area contributed by atoms with Gasteiger partial charge < -0.3 is 9.67 Å². The largest absolute Gasteiger partial charge is 0.477 e. The lowest BCUT2D eigenvalue weighted by Crippen LogP contribution is -2.19. The number of carbonyl (C=O) groups is 1. The first-order valence-electron chi connectivity index (χ1n) is 6.87. The van der Waals surface area contributed by atoms with Crippen LogP contribution in [0.5, 0.6) is 0 Å². The summed E-state index contributed by atoms with van der Waals surface area (Å²) in [6.07, 6.45) is 1.10. The van der Waals surface area contributed by atoms with Crippen LogP contribution in [0, 0.1) is 11.6 Å². The van der Waals surface area contributed by atoms with Crippen LogP contribution in [0.3, 0.4) is 0 Å². The van der Waals surface area contributed by atoms with E-state index in [4.69, 9.17) is 11.6 Å². The van der Waals surface area contributed by atoms with Crippen molar-refractivity contribution in [3.05, 3.63) is 80.6 Å².